The third-order valence-corrected chi connectivity index (χ3v) is 7.01. The van der Waals surface area contributed by atoms with Gasteiger partial charge in [0.05, 0.1) is 11.3 Å². The number of hydrogen-bond acceptors (Lipinski definition) is 6. The molecule has 1 unspecified atom stereocenters. The van der Waals surface area contributed by atoms with Gasteiger partial charge in [-0.25, -0.2) is 0 Å². The zero-order chi connectivity index (χ0) is 20.4. The summed E-state index contributed by atoms with van der Waals surface area (Å²) in [4.78, 5) is 25.7. The van der Waals surface area contributed by atoms with E-state index in [2.05, 4.69) is 22.4 Å². The second-order valence-electron chi connectivity index (χ2n) is 7.08. The van der Waals surface area contributed by atoms with Crippen LogP contribution in [0.2, 0.25) is 0 Å². The fourth-order valence-corrected chi connectivity index (χ4v) is 5.64. The quantitative estimate of drug-likeness (QED) is 0.588. The van der Waals surface area contributed by atoms with E-state index in [4.69, 9.17) is 5.73 Å². The van der Waals surface area contributed by atoms with E-state index in [1.54, 1.807) is 6.33 Å². The number of hydrogen-bond donors (Lipinski definition) is 2. The number of para-hydroxylation sites is 1. The molecule has 0 spiro atoms. The highest BCUT2D eigenvalue weighted by Crippen LogP contribution is 2.39. The van der Waals surface area contributed by atoms with E-state index in [0.29, 0.717) is 21.6 Å². The summed E-state index contributed by atoms with van der Waals surface area (Å²) in [5.41, 5.74) is 8.03. The minimum Gasteiger partial charge on any atom is -0.365 e. The number of amides is 2. The van der Waals surface area contributed by atoms with Crippen LogP contribution in [0.15, 0.2) is 41.8 Å². The molecule has 1 aliphatic rings. The molecule has 7 nitrogen and oxygen atoms in total. The molecule has 1 aromatic carbocycles. The third-order valence-electron chi connectivity index (χ3n) is 4.89. The third kappa shape index (κ3) is 4.20. The van der Waals surface area contributed by atoms with E-state index in [9.17, 15) is 9.59 Å². The average Bonchev–Trinajstić information content (AvgIpc) is 3.30. The minimum absolute atomic E-state index is 0.155. The molecule has 29 heavy (non-hydrogen) atoms. The molecule has 0 radical (unpaired) electrons. The number of thioether (sulfide) groups is 1. The van der Waals surface area contributed by atoms with Gasteiger partial charge in [-0.05, 0) is 42.9 Å². The molecule has 0 saturated heterocycles. The molecule has 0 aliphatic heterocycles. The lowest BCUT2D eigenvalue weighted by molar-refractivity contribution is -0.113. The van der Waals surface area contributed by atoms with E-state index in [1.807, 2.05) is 34.9 Å². The average molecular weight is 428 g/mol. The van der Waals surface area contributed by atoms with Crippen LogP contribution in [0.1, 0.15) is 34.1 Å². The largest absolute Gasteiger partial charge is 0.365 e. The first-order chi connectivity index (χ1) is 14.0. The van der Waals surface area contributed by atoms with E-state index in [1.165, 1.54) is 23.1 Å². The number of rotatable bonds is 6. The van der Waals surface area contributed by atoms with Gasteiger partial charge in [-0.15, -0.1) is 21.5 Å². The van der Waals surface area contributed by atoms with Crippen LogP contribution in [0.4, 0.5) is 5.00 Å². The Bertz CT molecular complexity index is 1040. The van der Waals surface area contributed by atoms with Gasteiger partial charge in [-0.3, -0.25) is 14.2 Å². The number of benzene rings is 1. The molecule has 9 heteroatoms. The highest BCUT2D eigenvalue weighted by Gasteiger charge is 2.27. The van der Waals surface area contributed by atoms with Crippen LogP contribution in [0.25, 0.3) is 5.69 Å². The summed E-state index contributed by atoms with van der Waals surface area (Å²) in [6.45, 7) is 2.20. The zero-order valence-corrected chi connectivity index (χ0v) is 17.6. The van der Waals surface area contributed by atoms with Gasteiger partial charge in [0.2, 0.25) is 5.91 Å². The maximum atomic E-state index is 12.6. The number of carbonyl (C=O) groups is 2. The molecule has 0 bridgehead atoms. The Hall–Kier alpha value is -2.65. The maximum absolute atomic E-state index is 12.6. The molecular formula is C20H21N5O2S2. The van der Waals surface area contributed by atoms with Crippen LogP contribution in [0, 0.1) is 5.92 Å². The summed E-state index contributed by atoms with van der Waals surface area (Å²) in [6.07, 6.45) is 4.40. The van der Waals surface area contributed by atoms with Gasteiger partial charge in [0.1, 0.15) is 11.3 Å². The number of thiophene rings is 1. The first-order valence-corrected chi connectivity index (χ1v) is 11.2. The van der Waals surface area contributed by atoms with E-state index in [-0.39, 0.29) is 11.7 Å². The predicted octanol–water partition coefficient (Wildman–Crippen LogP) is 3.28. The first kappa shape index (κ1) is 19.7. The Labute approximate surface area is 176 Å². The summed E-state index contributed by atoms with van der Waals surface area (Å²) < 4.78 is 1.83. The Morgan fingerprint density at radius 1 is 1.34 bits per heavy atom. The van der Waals surface area contributed by atoms with Crippen molar-refractivity contribution in [2.75, 3.05) is 11.1 Å². The van der Waals surface area contributed by atoms with Crippen molar-refractivity contribution in [3.63, 3.8) is 0 Å². The molecule has 0 fully saturated rings. The van der Waals surface area contributed by atoms with Crippen LogP contribution in [-0.4, -0.2) is 32.3 Å². The molecule has 3 aromatic rings. The molecule has 1 atom stereocenters. The van der Waals surface area contributed by atoms with Crippen molar-refractivity contribution < 1.29 is 9.59 Å². The lowest BCUT2D eigenvalue weighted by Gasteiger charge is -2.18. The molecule has 1 aliphatic carbocycles. The molecule has 4 rings (SSSR count). The van der Waals surface area contributed by atoms with Crippen molar-refractivity contribution in [1.29, 1.82) is 0 Å². The highest BCUT2D eigenvalue weighted by atomic mass is 32.2. The smallest absolute Gasteiger partial charge is 0.251 e. The van der Waals surface area contributed by atoms with Crippen molar-refractivity contribution in [2.45, 2.75) is 31.3 Å². The van der Waals surface area contributed by atoms with Gasteiger partial charge >= 0.3 is 0 Å². The Morgan fingerprint density at radius 3 is 2.90 bits per heavy atom. The Morgan fingerprint density at radius 2 is 2.14 bits per heavy atom. The summed E-state index contributed by atoms with van der Waals surface area (Å²) in [6, 6.07) is 9.70. The monoisotopic (exact) mass is 427 g/mol. The van der Waals surface area contributed by atoms with E-state index in [0.717, 1.165) is 35.4 Å². The van der Waals surface area contributed by atoms with Gasteiger partial charge in [0.15, 0.2) is 5.16 Å². The SMILES string of the molecule is CC1CCc2c(sc(NC(=O)CSc3nncn3-c3ccccc3)c2C(N)=O)C1. The highest BCUT2D eigenvalue weighted by molar-refractivity contribution is 7.99. The van der Waals surface area contributed by atoms with Gasteiger partial charge in [0, 0.05) is 10.6 Å². The zero-order valence-electron chi connectivity index (χ0n) is 15.9. The number of anilines is 1. The van der Waals surface area contributed by atoms with Crippen molar-refractivity contribution in [3.8, 4) is 5.69 Å². The second kappa shape index (κ2) is 8.38. The normalized spacial score (nSPS) is 15.7. The summed E-state index contributed by atoms with van der Waals surface area (Å²) in [7, 11) is 0. The fourth-order valence-electron chi connectivity index (χ4n) is 3.48. The number of primary amides is 1. The standard InChI is InChI=1S/C20H21N5O2S2/c1-12-7-8-14-15(9-12)29-19(17(14)18(21)27)23-16(26)10-28-20-24-22-11-25(20)13-5-3-2-4-6-13/h2-6,11-12H,7-10H2,1H3,(H2,21,27)(H,23,26). The predicted molar refractivity (Wildman–Crippen MR) is 115 cm³/mol. The van der Waals surface area contributed by atoms with Gasteiger partial charge in [0.25, 0.3) is 5.91 Å². The second-order valence-corrected chi connectivity index (χ2v) is 9.12. The van der Waals surface area contributed by atoms with Gasteiger partial charge in [-0.2, -0.15) is 0 Å². The molecule has 2 amide bonds. The summed E-state index contributed by atoms with van der Waals surface area (Å²) in [5, 5.41) is 12.1. The lowest BCUT2D eigenvalue weighted by Crippen LogP contribution is -2.20. The van der Waals surface area contributed by atoms with Crippen LogP contribution in [-0.2, 0) is 17.6 Å². The van der Waals surface area contributed by atoms with Gasteiger partial charge in [-0.1, -0.05) is 36.9 Å². The number of nitrogens with two attached hydrogens (primary N) is 1. The Balaban J connectivity index is 1.47. The molecule has 0 saturated carbocycles. The molecule has 3 N–H and O–H groups in total. The van der Waals surface area contributed by atoms with Crippen LogP contribution in [0.3, 0.4) is 0 Å². The van der Waals surface area contributed by atoms with E-state index >= 15 is 0 Å². The van der Waals surface area contributed by atoms with Crippen molar-refractivity contribution in [3.05, 3.63) is 52.7 Å². The maximum Gasteiger partial charge on any atom is 0.251 e. The molecule has 2 heterocycles. The number of aromatic nitrogens is 3. The number of nitrogens with zero attached hydrogens (tertiary/aromatic N) is 3. The fraction of sp³-hybridized carbons (Fsp3) is 0.300. The van der Waals surface area contributed by atoms with Crippen molar-refractivity contribution in [2.24, 2.45) is 11.7 Å². The van der Waals surface area contributed by atoms with Crippen LogP contribution in [0.5, 0.6) is 0 Å². The van der Waals surface area contributed by atoms with Crippen molar-refractivity contribution >= 4 is 39.9 Å². The Kier molecular flexibility index (Phi) is 5.68. The summed E-state index contributed by atoms with van der Waals surface area (Å²) in [5.74, 6) is 0.0452. The summed E-state index contributed by atoms with van der Waals surface area (Å²) >= 11 is 2.76. The molecule has 2 aromatic heterocycles. The molecular weight excluding hydrogens is 406 g/mol. The number of nitrogens with one attached hydrogen (secondary N) is 1. The molecule has 150 valence electrons. The number of fused-ring (bicyclic) bond motifs is 1. The van der Waals surface area contributed by atoms with Crippen LogP contribution < -0.4 is 11.1 Å². The minimum atomic E-state index is -0.483. The number of carbonyl (C=O) groups excluding carboxylic acids is 2. The van der Waals surface area contributed by atoms with Gasteiger partial charge < -0.3 is 11.1 Å². The van der Waals surface area contributed by atoms with Crippen LogP contribution >= 0.6 is 23.1 Å². The van der Waals surface area contributed by atoms with E-state index < -0.39 is 5.91 Å². The first-order valence-electron chi connectivity index (χ1n) is 9.35. The topological polar surface area (TPSA) is 103 Å². The lowest BCUT2D eigenvalue weighted by atomic mass is 9.88. The van der Waals surface area contributed by atoms with Crippen molar-refractivity contribution in [1.82, 2.24) is 14.8 Å².